The smallest absolute Gasteiger partial charge is 0.271 e. The summed E-state index contributed by atoms with van der Waals surface area (Å²) < 4.78 is 6.02. The van der Waals surface area contributed by atoms with Crippen molar-refractivity contribution >= 4 is 23.1 Å². The summed E-state index contributed by atoms with van der Waals surface area (Å²) in [7, 11) is 2.21. The van der Waals surface area contributed by atoms with Gasteiger partial charge in [-0.2, -0.15) is 4.98 Å². The molecule has 3 saturated heterocycles. The predicted molar refractivity (Wildman–Crippen MR) is 146 cm³/mol. The van der Waals surface area contributed by atoms with Crippen molar-refractivity contribution in [2.75, 3.05) is 69.6 Å². The summed E-state index contributed by atoms with van der Waals surface area (Å²) in [5.74, 6) is 0.170. The monoisotopic (exact) mass is 508 g/mol. The molecule has 2 aromatic rings. The molecule has 1 aromatic heterocycles. The number of ether oxygens (including phenoxy) is 1. The van der Waals surface area contributed by atoms with Gasteiger partial charge < -0.3 is 30.9 Å². The van der Waals surface area contributed by atoms with Gasteiger partial charge in [0.05, 0.1) is 0 Å². The minimum absolute atomic E-state index is 0.0637. The molecule has 10 nitrogen and oxygen atoms in total. The Kier molecular flexibility index (Phi) is 7.78. The molecule has 0 radical (unpaired) electrons. The van der Waals surface area contributed by atoms with E-state index < -0.39 is 5.91 Å². The largest absolute Gasteiger partial charge is 0.470 e. The van der Waals surface area contributed by atoms with Gasteiger partial charge in [-0.25, -0.2) is 4.98 Å². The molecule has 4 N–H and O–H groups in total. The molecule has 37 heavy (non-hydrogen) atoms. The standard InChI is InChI=1S/C27H40N8O2/c1-4-22-27(37-21-16-29-17-21)32-26(24(31-22)25(28)36)30-19-5-6-23(18(2)15-19)35-9-7-20(8-10-35)34-13-11-33(3)12-14-34/h5-6,15,20-21,29H,4,7-14,16-17H2,1-3H3,(H2,28,36)(H,30,32). The number of benzene rings is 1. The molecule has 0 aliphatic carbocycles. The minimum atomic E-state index is -0.613. The number of primary amides is 1. The normalized spacial score (nSPS) is 20.0. The summed E-state index contributed by atoms with van der Waals surface area (Å²) in [6.45, 7) is 12.5. The molecule has 1 aromatic carbocycles. The number of hydrogen-bond donors (Lipinski definition) is 3. The van der Waals surface area contributed by atoms with Crippen molar-refractivity contribution < 1.29 is 9.53 Å². The molecule has 200 valence electrons. The minimum Gasteiger partial charge on any atom is -0.470 e. The maximum absolute atomic E-state index is 12.2. The predicted octanol–water partition coefficient (Wildman–Crippen LogP) is 1.76. The average Bonchev–Trinajstić information content (AvgIpc) is 2.87. The molecule has 3 fully saturated rings. The van der Waals surface area contributed by atoms with Crippen molar-refractivity contribution in [2.24, 2.45) is 5.73 Å². The van der Waals surface area contributed by atoms with Gasteiger partial charge in [0, 0.05) is 69.8 Å². The summed E-state index contributed by atoms with van der Waals surface area (Å²) in [6.07, 6.45) is 3.06. The van der Waals surface area contributed by atoms with E-state index in [2.05, 4.69) is 61.4 Å². The molecule has 0 atom stereocenters. The zero-order chi connectivity index (χ0) is 25.9. The van der Waals surface area contributed by atoms with Crippen LogP contribution in [-0.2, 0) is 6.42 Å². The first-order valence-electron chi connectivity index (χ1n) is 13.5. The molecule has 10 heteroatoms. The summed E-state index contributed by atoms with van der Waals surface area (Å²) in [4.78, 5) is 28.9. The fourth-order valence-corrected chi connectivity index (χ4v) is 5.43. The molecule has 3 aliphatic heterocycles. The van der Waals surface area contributed by atoms with Crippen LogP contribution in [0.25, 0.3) is 0 Å². The van der Waals surface area contributed by atoms with E-state index in [4.69, 9.17) is 10.5 Å². The number of amides is 1. The Morgan fingerprint density at radius 2 is 1.86 bits per heavy atom. The second-order valence-electron chi connectivity index (χ2n) is 10.5. The SMILES string of the molecule is CCc1nc(C(N)=O)c(Nc2ccc(N3CCC(N4CCN(C)CC4)CC3)c(C)c2)nc1OC1CNC1. The zero-order valence-corrected chi connectivity index (χ0v) is 22.3. The number of anilines is 3. The molecule has 0 bridgehead atoms. The Bertz CT molecular complexity index is 1110. The van der Waals surface area contributed by atoms with Crippen LogP contribution in [0.1, 0.15) is 41.5 Å². The van der Waals surface area contributed by atoms with Gasteiger partial charge in [-0.15, -0.1) is 0 Å². The van der Waals surface area contributed by atoms with Gasteiger partial charge in [0.15, 0.2) is 11.5 Å². The van der Waals surface area contributed by atoms with Crippen LogP contribution in [0.5, 0.6) is 5.88 Å². The number of carbonyl (C=O) groups excluding carboxylic acids is 1. The van der Waals surface area contributed by atoms with Gasteiger partial charge in [0.2, 0.25) is 5.88 Å². The van der Waals surface area contributed by atoms with Crippen LogP contribution in [0.15, 0.2) is 18.2 Å². The summed E-state index contributed by atoms with van der Waals surface area (Å²) in [5, 5.41) is 6.47. The lowest BCUT2D eigenvalue weighted by atomic mass is 10.0. The Morgan fingerprint density at radius 1 is 1.14 bits per heavy atom. The van der Waals surface area contributed by atoms with Gasteiger partial charge >= 0.3 is 0 Å². The van der Waals surface area contributed by atoms with E-state index in [9.17, 15) is 4.79 Å². The first kappa shape index (κ1) is 25.7. The van der Waals surface area contributed by atoms with Crippen molar-refractivity contribution in [3.8, 4) is 5.88 Å². The lowest BCUT2D eigenvalue weighted by Gasteiger charge is -2.43. The maximum Gasteiger partial charge on any atom is 0.271 e. The Labute approximate surface area is 219 Å². The highest BCUT2D eigenvalue weighted by Gasteiger charge is 2.28. The van der Waals surface area contributed by atoms with Crippen LogP contribution in [0.3, 0.4) is 0 Å². The summed E-state index contributed by atoms with van der Waals surface area (Å²) >= 11 is 0. The highest BCUT2D eigenvalue weighted by molar-refractivity contribution is 5.96. The highest BCUT2D eigenvalue weighted by Crippen LogP contribution is 2.30. The van der Waals surface area contributed by atoms with Crippen LogP contribution in [0, 0.1) is 6.92 Å². The van der Waals surface area contributed by atoms with E-state index in [1.54, 1.807) is 0 Å². The lowest BCUT2D eigenvalue weighted by molar-refractivity contribution is 0.0982. The quantitative estimate of drug-likeness (QED) is 0.491. The topological polar surface area (TPSA) is 112 Å². The molecule has 0 saturated carbocycles. The van der Waals surface area contributed by atoms with Gasteiger partial charge in [-0.3, -0.25) is 9.69 Å². The second-order valence-corrected chi connectivity index (χ2v) is 10.5. The number of likely N-dealkylation sites (N-methyl/N-ethyl adjacent to an activating group) is 1. The number of nitrogens with two attached hydrogens (primary N) is 1. The number of aromatic nitrogens is 2. The van der Waals surface area contributed by atoms with Crippen LogP contribution in [0.2, 0.25) is 0 Å². The summed E-state index contributed by atoms with van der Waals surface area (Å²) in [5.41, 5.74) is 9.70. The van der Waals surface area contributed by atoms with Gasteiger partial charge in [-0.1, -0.05) is 6.92 Å². The van der Waals surface area contributed by atoms with Crippen LogP contribution in [0.4, 0.5) is 17.2 Å². The third-order valence-electron chi connectivity index (χ3n) is 7.84. The lowest BCUT2D eigenvalue weighted by Crippen LogP contribution is -2.52. The van der Waals surface area contributed by atoms with E-state index in [0.29, 0.717) is 29.9 Å². The van der Waals surface area contributed by atoms with E-state index in [1.807, 2.05) is 13.0 Å². The fraction of sp³-hybridized carbons (Fsp3) is 0.593. The van der Waals surface area contributed by atoms with Crippen LogP contribution >= 0.6 is 0 Å². The third-order valence-corrected chi connectivity index (χ3v) is 7.84. The van der Waals surface area contributed by atoms with E-state index in [0.717, 1.165) is 31.9 Å². The number of carbonyl (C=O) groups is 1. The number of nitrogens with zero attached hydrogens (tertiary/aromatic N) is 5. The fourth-order valence-electron chi connectivity index (χ4n) is 5.43. The first-order valence-corrected chi connectivity index (χ1v) is 13.5. The van der Waals surface area contributed by atoms with Gasteiger partial charge in [-0.05, 0) is 57.0 Å². The van der Waals surface area contributed by atoms with Crippen molar-refractivity contribution in [3.05, 3.63) is 35.2 Å². The number of piperidine rings is 1. The molecule has 4 heterocycles. The van der Waals surface area contributed by atoms with Crippen molar-refractivity contribution in [1.82, 2.24) is 25.1 Å². The van der Waals surface area contributed by atoms with Crippen LogP contribution < -0.4 is 26.0 Å². The Balaban J connectivity index is 1.28. The molecule has 3 aliphatic rings. The number of rotatable bonds is 8. The number of piperazine rings is 1. The Hall–Kier alpha value is -2.95. The van der Waals surface area contributed by atoms with Crippen molar-refractivity contribution in [3.63, 3.8) is 0 Å². The van der Waals surface area contributed by atoms with Crippen molar-refractivity contribution in [2.45, 2.75) is 45.3 Å². The third kappa shape index (κ3) is 5.81. The van der Waals surface area contributed by atoms with E-state index in [-0.39, 0.29) is 11.8 Å². The van der Waals surface area contributed by atoms with Crippen molar-refractivity contribution in [1.29, 1.82) is 0 Å². The molecular formula is C27H40N8O2. The number of aryl methyl sites for hydroxylation is 2. The van der Waals surface area contributed by atoms with Crippen LogP contribution in [-0.4, -0.2) is 97.2 Å². The van der Waals surface area contributed by atoms with Gasteiger partial charge in [0.25, 0.3) is 5.91 Å². The second kappa shape index (κ2) is 11.2. The molecular weight excluding hydrogens is 468 g/mol. The molecule has 0 unspecified atom stereocenters. The van der Waals surface area contributed by atoms with Gasteiger partial charge in [0.1, 0.15) is 11.8 Å². The summed E-state index contributed by atoms with van der Waals surface area (Å²) in [6, 6.07) is 6.97. The molecule has 5 rings (SSSR count). The molecule has 1 amide bonds. The Morgan fingerprint density at radius 3 is 2.46 bits per heavy atom. The molecule has 0 spiro atoms. The first-order chi connectivity index (χ1) is 17.9. The number of nitrogens with one attached hydrogen (secondary N) is 2. The zero-order valence-electron chi connectivity index (χ0n) is 22.3. The van der Waals surface area contributed by atoms with E-state index in [1.165, 1.54) is 50.3 Å². The maximum atomic E-state index is 12.2. The van der Waals surface area contributed by atoms with E-state index >= 15 is 0 Å². The number of hydrogen-bond acceptors (Lipinski definition) is 9. The highest BCUT2D eigenvalue weighted by atomic mass is 16.5. The average molecular weight is 509 g/mol.